The van der Waals surface area contributed by atoms with Crippen LogP contribution in [0.5, 0.6) is 0 Å². The van der Waals surface area contributed by atoms with Gasteiger partial charge in [-0.2, -0.15) is 0 Å². The number of nitrogens with zero attached hydrogens (tertiary/aromatic N) is 1. The van der Waals surface area contributed by atoms with Crippen molar-refractivity contribution in [2.24, 2.45) is 0 Å². The lowest BCUT2D eigenvalue weighted by atomic mass is 10.0. The summed E-state index contributed by atoms with van der Waals surface area (Å²) < 4.78 is 5.83. The summed E-state index contributed by atoms with van der Waals surface area (Å²) in [6.45, 7) is 2.12. The van der Waals surface area contributed by atoms with Gasteiger partial charge in [0.25, 0.3) is 0 Å². The molecule has 0 aliphatic rings. The predicted octanol–water partition coefficient (Wildman–Crippen LogP) is 4.11. The van der Waals surface area contributed by atoms with E-state index < -0.39 is 0 Å². The number of benzene rings is 2. The molecule has 0 bridgehead atoms. The van der Waals surface area contributed by atoms with Gasteiger partial charge in [-0.05, 0) is 23.3 Å². The molecule has 0 unspecified atom stereocenters. The third kappa shape index (κ3) is 2.95. The zero-order valence-corrected chi connectivity index (χ0v) is 12.6. The van der Waals surface area contributed by atoms with E-state index in [0.29, 0.717) is 12.3 Å². The Morgan fingerprint density at radius 2 is 1.55 bits per heavy atom. The fourth-order valence-electron chi connectivity index (χ4n) is 2.52. The summed E-state index contributed by atoms with van der Waals surface area (Å²) in [5, 5.41) is 9.10. The van der Waals surface area contributed by atoms with Gasteiger partial charge in [0.15, 0.2) is 0 Å². The third-order valence-corrected chi connectivity index (χ3v) is 3.69. The van der Waals surface area contributed by atoms with Crippen LogP contribution in [0.4, 0.5) is 0 Å². The quantitative estimate of drug-likeness (QED) is 0.770. The Labute approximate surface area is 130 Å². The van der Waals surface area contributed by atoms with Crippen molar-refractivity contribution >= 4 is 0 Å². The maximum Gasteiger partial charge on any atom is 0.226 e. The van der Waals surface area contributed by atoms with Gasteiger partial charge in [-0.3, -0.25) is 0 Å². The minimum atomic E-state index is 0.0892. The average molecular weight is 293 g/mol. The zero-order valence-electron chi connectivity index (χ0n) is 12.6. The summed E-state index contributed by atoms with van der Waals surface area (Å²) in [6, 6.07) is 18.5. The van der Waals surface area contributed by atoms with Crippen LogP contribution < -0.4 is 0 Å². The molecule has 22 heavy (non-hydrogen) atoms. The number of aryl methyl sites for hydroxylation is 1. The van der Waals surface area contributed by atoms with Crippen molar-refractivity contribution in [2.45, 2.75) is 19.8 Å². The molecule has 0 aliphatic carbocycles. The van der Waals surface area contributed by atoms with Crippen LogP contribution in [-0.4, -0.2) is 16.7 Å². The number of rotatable bonds is 5. The second kappa shape index (κ2) is 6.58. The number of aliphatic hydroxyl groups is 1. The van der Waals surface area contributed by atoms with Crippen molar-refractivity contribution in [3.05, 3.63) is 66.1 Å². The maximum atomic E-state index is 9.10. The molecule has 0 saturated heterocycles. The Morgan fingerprint density at radius 1 is 0.909 bits per heavy atom. The molecule has 3 rings (SSSR count). The molecule has 1 heterocycles. The van der Waals surface area contributed by atoms with Gasteiger partial charge in [-0.25, -0.2) is 4.98 Å². The van der Waals surface area contributed by atoms with Crippen LogP contribution in [0, 0.1) is 0 Å². The Hall–Kier alpha value is -2.39. The number of oxazole rings is 1. The first kappa shape index (κ1) is 14.5. The first-order valence-electron chi connectivity index (χ1n) is 7.57. The molecule has 0 atom stereocenters. The second-order valence-electron chi connectivity index (χ2n) is 5.16. The van der Waals surface area contributed by atoms with E-state index in [2.05, 4.69) is 29.2 Å². The van der Waals surface area contributed by atoms with Crippen LogP contribution in [-0.2, 0) is 12.8 Å². The Balaban J connectivity index is 1.90. The molecular formula is C19H19NO2. The smallest absolute Gasteiger partial charge is 0.226 e. The van der Waals surface area contributed by atoms with E-state index >= 15 is 0 Å². The molecule has 0 radical (unpaired) electrons. The van der Waals surface area contributed by atoms with Crippen LogP contribution in [0.2, 0.25) is 0 Å². The van der Waals surface area contributed by atoms with Crippen molar-refractivity contribution in [2.75, 3.05) is 6.61 Å². The van der Waals surface area contributed by atoms with Crippen LogP contribution in [0.25, 0.3) is 22.6 Å². The average Bonchev–Trinajstić information content (AvgIpc) is 2.99. The van der Waals surface area contributed by atoms with Crippen molar-refractivity contribution in [1.29, 1.82) is 0 Å². The minimum Gasteiger partial charge on any atom is -0.441 e. The number of hydrogen-bond donors (Lipinski definition) is 1. The SMILES string of the molecule is CCc1oc(-c2ccc(-c3ccccc3)cc2)nc1CCO. The molecule has 1 aromatic heterocycles. The first-order chi connectivity index (χ1) is 10.8. The fourth-order valence-corrected chi connectivity index (χ4v) is 2.52. The first-order valence-corrected chi connectivity index (χ1v) is 7.57. The number of aliphatic hydroxyl groups excluding tert-OH is 1. The molecule has 3 heteroatoms. The summed E-state index contributed by atoms with van der Waals surface area (Å²) in [4.78, 5) is 4.52. The summed E-state index contributed by atoms with van der Waals surface area (Å²) in [6.07, 6.45) is 1.32. The molecule has 1 N–H and O–H groups in total. The lowest BCUT2D eigenvalue weighted by Gasteiger charge is -2.02. The Bertz CT molecular complexity index is 730. The second-order valence-corrected chi connectivity index (χ2v) is 5.16. The molecule has 0 aliphatic heterocycles. The standard InChI is InChI=1S/C19H19NO2/c1-2-18-17(12-13-21)20-19(22-18)16-10-8-15(9-11-16)14-6-4-3-5-7-14/h3-11,21H,2,12-13H2,1H3. The summed E-state index contributed by atoms with van der Waals surface area (Å²) >= 11 is 0. The van der Waals surface area contributed by atoms with Gasteiger partial charge in [-0.1, -0.05) is 49.4 Å². The van der Waals surface area contributed by atoms with Gasteiger partial charge >= 0.3 is 0 Å². The van der Waals surface area contributed by atoms with E-state index in [-0.39, 0.29) is 6.61 Å². The van der Waals surface area contributed by atoms with Crippen molar-refractivity contribution in [3.63, 3.8) is 0 Å². The van der Waals surface area contributed by atoms with Gasteiger partial charge in [0.2, 0.25) is 5.89 Å². The monoisotopic (exact) mass is 293 g/mol. The summed E-state index contributed by atoms with van der Waals surface area (Å²) in [5.74, 6) is 1.48. The molecule has 112 valence electrons. The van der Waals surface area contributed by atoms with E-state index in [1.807, 2.05) is 37.3 Å². The molecule has 3 nitrogen and oxygen atoms in total. The third-order valence-electron chi connectivity index (χ3n) is 3.69. The fraction of sp³-hybridized carbons (Fsp3) is 0.211. The van der Waals surface area contributed by atoms with Crippen molar-refractivity contribution in [1.82, 2.24) is 4.98 Å². The number of hydrogen-bond acceptors (Lipinski definition) is 3. The Morgan fingerprint density at radius 3 is 2.18 bits per heavy atom. The van der Waals surface area contributed by atoms with E-state index in [1.54, 1.807) is 0 Å². The van der Waals surface area contributed by atoms with E-state index in [1.165, 1.54) is 11.1 Å². The predicted molar refractivity (Wildman–Crippen MR) is 87.5 cm³/mol. The topological polar surface area (TPSA) is 46.3 Å². The molecule has 0 amide bonds. The largest absolute Gasteiger partial charge is 0.441 e. The van der Waals surface area contributed by atoms with Gasteiger partial charge in [0.1, 0.15) is 5.76 Å². The molecule has 3 aromatic rings. The lowest BCUT2D eigenvalue weighted by Crippen LogP contribution is -1.94. The highest BCUT2D eigenvalue weighted by Crippen LogP contribution is 2.26. The highest BCUT2D eigenvalue weighted by Gasteiger charge is 2.12. The highest BCUT2D eigenvalue weighted by atomic mass is 16.4. The maximum absolute atomic E-state index is 9.10. The summed E-state index contributed by atoms with van der Waals surface area (Å²) in [7, 11) is 0. The molecular weight excluding hydrogens is 274 g/mol. The molecule has 0 spiro atoms. The van der Waals surface area contributed by atoms with E-state index in [4.69, 9.17) is 9.52 Å². The van der Waals surface area contributed by atoms with Crippen LogP contribution in [0.1, 0.15) is 18.4 Å². The van der Waals surface area contributed by atoms with Crippen molar-refractivity contribution < 1.29 is 9.52 Å². The van der Waals surface area contributed by atoms with Crippen LogP contribution in [0.3, 0.4) is 0 Å². The Kier molecular flexibility index (Phi) is 4.35. The zero-order chi connectivity index (χ0) is 15.4. The molecule has 2 aromatic carbocycles. The molecule has 0 saturated carbocycles. The van der Waals surface area contributed by atoms with Crippen LogP contribution >= 0.6 is 0 Å². The van der Waals surface area contributed by atoms with Gasteiger partial charge in [0, 0.05) is 25.0 Å². The van der Waals surface area contributed by atoms with E-state index in [9.17, 15) is 0 Å². The van der Waals surface area contributed by atoms with Crippen LogP contribution in [0.15, 0.2) is 59.0 Å². The minimum absolute atomic E-state index is 0.0892. The van der Waals surface area contributed by atoms with Gasteiger partial charge in [0.05, 0.1) is 5.69 Å². The summed E-state index contributed by atoms with van der Waals surface area (Å²) in [5.41, 5.74) is 4.17. The normalized spacial score (nSPS) is 10.8. The van der Waals surface area contributed by atoms with Gasteiger partial charge in [-0.15, -0.1) is 0 Å². The lowest BCUT2D eigenvalue weighted by molar-refractivity contribution is 0.297. The van der Waals surface area contributed by atoms with Gasteiger partial charge < -0.3 is 9.52 Å². The van der Waals surface area contributed by atoms with Crippen molar-refractivity contribution in [3.8, 4) is 22.6 Å². The number of aromatic nitrogens is 1. The van der Waals surface area contributed by atoms with E-state index in [0.717, 1.165) is 23.4 Å². The highest BCUT2D eigenvalue weighted by molar-refractivity contribution is 5.67. The molecule has 0 fully saturated rings.